The van der Waals surface area contributed by atoms with Gasteiger partial charge in [0.15, 0.2) is 0 Å². The Morgan fingerprint density at radius 2 is 1.90 bits per heavy atom. The number of nitrogens with two attached hydrogens (primary N) is 1. The zero-order valence-electron chi connectivity index (χ0n) is 10.9. The first kappa shape index (κ1) is 15.3. The Balaban J connectivity index is 2.16. The van der Waals surface area contributed by atoms with Crippen LogP contribution < -0.4 is 5.73 Å². The Morgan fingerprint density at radius 3 is 2.55 bits per heavy atom. The molecule has 20 heavy (non-hydrogen) atoms. The quantitative estimate of drug-likeness (QED) is 0.576. The van der Waals surface area contributed by atoms with Crippen LogP contribution in [0.3, 0.4) is 0 Å². The molecule has 0 aliphatic rings. The fourth-order valence-corrected chi connectivity index (χ4v) is 2.76. The summed E-state index contributed by atoms with van der Waals surface area (Å²) in [6.07, 6.45) is 0. The van der Waals surface area contributed by atoms with Crippen LogP contribution in [0.1, 0.15) is 15.9 Å². The van der Waals surface area contributed by atoms with Crippen molar-refractivity contribution in [1.82, 2.24) is 4.90 Å². The van der Waals surface area contributed by atoms with Gasteiger partial charge in [-0.2, -0.15) is 0 Å². The van der Waals surface area contributed by atoms with E-state index in [1.165, 1.54) is 0 Å². The third-order valence-electron chi connectivity index (χ3n) is 2.90. The first-order chi connectivity index (χ1) is 9.47. The van der Waals surface area contributed by atoms with Crippen molar-refractivity contribution >= 4 is 50.1 Å². The highest BCUT2D eigenvalue weighted by atomic mass is 127. The van der Waals surface area contributed by atoms with E-state index in [1.807, 2.05) is 42.5 Å². The molecule has 2 rings (SSSR count). The topological polar surface area (TPSA) is 46.3 Å². The number of nitrogen functional groups attached to an aromatic ring is 1. The van der Waals surface area contributed by atoms with Crippen LogP contribution in [0.5, 0.6) is 0 Å². The molecule has 104 valence electrons. The molecule has 3 nitrogen and oxygen atoms in total. The smallest absolute Gasteiger partial charge is 0.255 e. The van der Waals surface area contributed by atoms with E-state index in [0.717, 1.165) is 19.3 Å². The molecule has 0 unspecified atom stereocenters. The first-order valence-corrected chi connectivity index (χ1v) is 7.89. The Morgan fingerprint density at radius 1 is 1.25 bits per heavy atom. The lowest BCUT2D eigenvalue weighted by Crippen LogP contribution is -2.26. The molecule has 0 heterocycles. The summed E-state index contributed by atoms with van der Waals surface area (Å²) in [5.41, 5.74) is 8.15. The second-order valence-corrected chi connectivity index (χ2v) is 6.60. The maximum atomic E-state index is 12.5. The Labute approximate surface area is 140 Å². The fraction of sp³-hybridized carbons (Fsp3) is 0.133. The maximum absolute atomic E-state index is 12.5. The molecular formula is C15H14BrIN2O. The molecule has 2 N–H and O–H groups in total. The number of rotatable bonds is 3. The van der Waals surface area contributed by atoms with Crippen molar-refractivity contribution in [2.24, 2.45) is 0 Å². The number of nitrogens with zero attached hydrogens (tertiary/aromatic N) is 1. The lowest BCUT2D eigenvalue weighted by atomic mass is 10.1. The Kier molecular flexibility index (Phi) is 5.04. The van der Waals surface area contributed by atoms with Gasteiger partial charge in [0.05, 0.1) is 5.56 Å². The largest absolute Gasteiger partial charge is 0.399 e. The highest BCUT2D eigenvalue weighted by Gasteiger charge is 2.15. The molecule has 2 aromatic rings. The number of carbonyl (C=O) groups is 1. The molecule has 0 fully saturated rings. The standard InChI is InChI=1S/C15H14BrIN2O/c1-19(9-10-2-5-12(18)6-3-10)15(20)13-8-11(16)4-7-14(13)17/h2-8H,9,18H2,1H3. The van der Waals surface area contributed by atoms with Crippen molar-refractivity contribution < 1.29 is 4.79 Å². The molecule has 0 radical (unpaired) electrons. The highest BCUT2D eigenvalue weighted by Crippen LogP contribution is 2.20. The zero-order valence-corrected chi connectivity index (χ0v) is 14.7. The van der Waals surface area contributed by atoms with Crippen molar-refractivity contribution in [3.63, 3.8) is 0 Å². The van der Waals surface area contributed by atoms with Gasteiger partial charge in [0.2, 0.25) is 0 Å². The molecule has 5 heteroatoms. The summed E-state index contributed by atoms with van der Waals surface area (Å²) in [7, 11) is 1.80. The average molecular weight is 445 g/mol. The first-order valence-electron chi connectivity index (χ1n) is 6.02. The van der Waals surface area contributed by atoms with Gasteiger partial charge in [0.1, 0.15) is 0 Å². The van der Waals surface area contributed by atoms with Gasteiger partial charge in [-0.25, -0.2) is 0 Å². The van der Waals surface area contributed by atoms with E-state index in [-0.39, 0.29) is 5.91 Å². The third kappa shape index (κ3) is 3.73. The van der Waals surface area contributed by atoms with Gasteiger partial charge < -0.3 is 10.6 Å². The molecule has 0 bridgehead atoms. The van der Waals surface area contributed by atoms with Crippen LogP contribution in [-0.4, -0.2) is 17.9 Å². The highest BCUT2D eigenvalue weighted by molar-refractivity contribution is 14.1. The van der Waals surface area contributed by atoms with Crippen LogP contribution in [-0.2, 0) is 6.54 Å². The van der Waals surface area contributed by atoms with Gasteiger partial charge in [0.25, 0.3) is 5.91 Å². The van der Waals surface area contributed by atoms with Crippen molar-refractivity contribution in [2.45, 2.75) is 6.54 Å². The number of anilines is 1. The molecule has 0 aliphatic heterocycles. The van der Waals surface area contributed by atoms with Gasteiger partial charge in [-0.1, -0.05) is 28.1 Å². The fourth-order valence-electron chi connectivity index (χ4n) is 1.84. The van der Waals surface area contributed by atoms with E-state index in [4.69, 9.17) is 5.73 Å². The monoisotopic (exact) mass is 444 g/mol. The predicted octanol–water partition coefficient (Wildman–Crippen LogP) is 3.91. The van der Waals surface area contributed by atoms with Crippen LogP contribution in [0.2, 0.25) is 0 Å². The number of amides is 1. The molecule has 2 aromatic carbocycles. The molecule has 0 atom stereocenters. The van der Waals surface area contributed by atoms with Gasteiger partial charge in [0, 0.05) is 27.3 Å². The molecule has 0 aliphatic carbocycles. The summed E-state index contributed by atoms with van der Waals surface area (Å²) in [5.74, 6) is 0.00697. The number of hydrogen-bond acceptors (Lipinski definition) is 2. The summed E-state index contributed by atoms with van der Waals surface area (Å²) >= 11 is 5.58. The van der Waals surface area contributed by atoms with E-state index in [2.05, 4.69) is 38.5 Å². The van der Waals surface area contributed by atoms with Crippen LogP contribution in [0.25, 0.3) is 0 Å². The summed E-state index contributed by atoms with van der Waals surface area (Å²) in [6.45, 7) is 0.557. The van der Waals surface area contributed by atoms with Gasteiger partial charge in [-0.3, -0.25) is 4.79 Å². The van der Waals surface area contributed by atoms with Crippen LogP contribution in [0, 0.1) is 3.57 Å². The summed E-state index contributed by atoms with van der Waals surface area (Å²) in [5, 5.41) is 0. The lowest BCUT2D eigenvalue weighted by Gasteiger charge is -2.18. The minimum absolute atomic E-state index is 0.00697. The van der Waals surface area contributed by atoms with E-state index < -0.39 is 0 Å². The molecular weight excluding hydrogens is 431 g/mol. The van der Waals surface area contributed by atoms with Crippen LogP contribution in [0.4, 0.5) is 5.69 Å². The minimum Gasteiger partial charge on any atom is -0.399 e. The number of halogens is 2. The van der Waals surface area contributed by atoms with Gasteiger partial charge in [-0.15, -0.1) is 0 Å². The second kappa shape index (κ2) is 6.58. The van der Waals surface area contributed by atoms with Crippen LogP contribution >= 0.6 is 38.5 Å². The minimum atomic E-state index is 0.00697. The van der Waals surface area contributed by atoms with Crippen molar-refractivity contribution in [1.29, 1.82) is 0 Å². The summed E-state index contributed by atoms with van der Waals surface area (Å²) in [6, 6.07) is 13.3. The summed E-state index contributed by atoms with van der Waals surface area (Å²) < 4.78 is 1.85. The number of hydrogen-bond donors (Lipinski definition) is 1. The second-order valence-electron chi connectivity index (χ2n) is 4.53. The lowest BCUT2D eigenvalue weighted by molar-refractivity contribution is 0.0784. The molecule has 0 saturated carbocycles. The Hall–Kier alpha value is -1.08. The van der Waals surface area contributed by atoms with Crippen molar-refractivity contribution in [3.8, 4) is 0 Å². The average Bonchev–Trinajstić information content (AvgIpc) is 2.43. The molecule has 0 spiro atoms. The van der Waals surface area contributed by atoms with E-state index in [1.54, 1.807) is 11.9 Å². The summed E-state index contributed by atoms with van der Waals surface area (Å²) in [4.78, 5) is 14.2. The predicted molar refractivity (Wildman–Crippen MR) is 93.5 cm³/mol. The molecule has 0 saturated heterocycles. The normalized spacial score (nSPS) is 10.3. The van der Waals surface area contributed by atoms with E-state index >= 15 is 0 Å². The van der Waals surface area contributed by atoms with Crippen LogP contribution in [0.15, 0.2) is 46.9 Å². The van der Waals surface area contributed by atoms with Gasteiger partial charge >= 0.3 is 0 Å². The third-order valence-corrected chi connectivity index (χ3v) is 4.34. The van der Waals surface area contributed by atoms with Crippen molar-refractivity contribution in [2.75, 3.05) is 12.8 Å². The van der Waals surface area contributed by atoms with E-state index in [0.29, 0.717) is 12.1 Å². The molecule has 1 amide bonds. The zero-order chi connectivity index (χ0) is 14.7. The Bertz CT molecular complexity index is 628. The van der Waals surface area contributed by atoms with Crippen molar-refractivity contribution in [3.05, 3.63) is 61.6 Å². The van der Waals surface area contributed by atoms with Gasteiger partial charge in [-0.05, 0) is 58.5 Å². The SMILES string of the molecule is CN(Cc1ccc(N)cc1)C(=O)c1cc(Br)ccc1I. The number of benzene rings is 2. The maximum Gasteiger partial charge on any atom is 0.255 e. The molecule has 0 aromatic heterocycles. The number of carbonyl (C=O) groups excluding carboxylic acids is 1. The van der Waals surface area contributed by atoms with E-state index in [9.17, 15) is 4.79 Å².